The van der Waals surface area contributed by atoms with Gasteiger partial charge in [0.1, 0.15) is 5.82 Å². The Balaban J connectivity index is 1.70. The van der Waals surface area contributed by atoms with Crippen molar-refractivity contribution in [3.8, 4) is 0 Å². The van der Waals surface area contributed by atoms with E-state index in [4.69, 9.17) is 22.1 Å². The predicted octanol–water partition coefficient (Wildman–Crippen LogP) is 4.71. The molecule has 2 amide bonds. The molecule has 0 spiro atoms. The number of allylic oxidation sites excluding steroid dienone is 2. The van der Waals surface area contributed by atoms with Crippen LogP contribution in [-0.4, -0.2) is 48.0 Å². The highest BCUT2D eigenvalue weighted by atomic mass is 35.5. The van der Waals surface area contributed by atoms with Crippen LogP contribution in [0.15, 0.2) is 49.1 Å². The van der Waals surface area contributed by atoms with Crippen molar-refractivity contribution < 1.29 is 18.7 Å². The predicted molar refractivity (Wildman–Crippen MR) is 132 cm³/mol. The summed E-state index contributed by atoms with van der Waals surface area (Å²) in [4.78, 5) is 30.4. The van der Waals surface area contributed by atoms with Crippen molar-refractivity contribution in [2.24, 2.45) is 5.73 Å². The van der Waals surface area contributed by atoms with Gasteiger partial charge in [0.2, 0.25) is 0 Å². The van der Waals surface area contributed by atoms with Crippen LogP contribution in [0.4, 0.5) is 4.39 Å². The molecule has 34 heavy (non-hydrogen) atoms. The Kier molecular flexibility index (Phi) is 6.86. The quantitative estimate of drug-likeness (QED) is 0.408. The number of aromatic nitrogens is 1. The standard InChI is InChI=1S/C26H25ClFN3O3/c1-15(17-5-7-22(28)21(27)13-17)12-20(25(29)32)24-16(2)19-6-4-18(14-23(19)30-24)26(33)31-8-3-10-34-11-9-31/h4-7,12-14,30H,1,3,8-11H2,2H3,(H2,29,32)/b20-12+. The van der Waals surface area contributed by atoms with Crippen LogP contribution in [0.25, 0.3) is 22.0 Å². The fraction of sp³-hybridized carbons (Fsp3) is 0.231. The lowest BCUT2D eigenvalue weighted by molar-refractivity contribution is -0.112. The van der Waals surface area contributed by atoms with Crippen molar-refractivity contribution in [2.75, 3.05) is 26.3 Å². The van der Waals surface area contributed by atoms with Crippen molar-refractivity contribution in [1.82, 2.24) is 9.88 Å². The zero-order valence-corrected chi connectivity index (χ0v) is 19.5. The molecule has 176 valence electrons. The number of carbonyl (C=O) groups excluding carboxylic acids is 2. The Morgan fingerprint density at radius 1 is 1.18 bits per heavy atom. The van der Waals surface area contributed by atoms with E-state index in [1.165, 1.54) is 18.2 Å². The summed E-state index contributed by atoms with van der Waals surface area (Å²) in [5.41, 5.74) is 9.55. The van der Waals surface area contributed by atoms with Crippen molar-refractivity contribution >= 4 is 45.5 Å². The maximum absolute atomic E-state index is 13.5. The zero-order chi connectivity index (χ0) is 24.4. The SMILES string of the molecule is C=C(/C=C(/C(N)=O)c1[nH]c2cc(C(=O)N3CCCOCC3)ccc2c1C)c1ccc(F)c(Cl)c1. The van der Waals surface area contributed by atoms with Crippen LogP contribution in [-0.2, 0) is 9.53 Å². The zero-order valence-electron chi connectivity index (χ0n) is 18.8. The minimum atomic E-state index is -0.648. The van der Waals surface area contributed by atoms with E-state index in [0.717, 1.165) is 17.4 Å². The lowest BCUT2D eigenvalue weighted by atomic mass is 10.00. The highest BCUT2D eigenvalue weighted by Gasteiger charge is 2.21. The topological polar surface area (TPSA) is 88.4 Å². The number of benzene rings is 2. The Morgan fingerprint density at radius 3 is 2.68 bits per heavy atom. The van der Waals surface area contributed by atoms with E-state index >= 15 is 0 Å². The summed E-state index contributed by atoms with van der Waals surface area (Å²) in [6.07, 6.45) is 2.35. The first kappa shape index (κ1) is 23.7. The average molecular weight is 482 g/mol. The minimum Gasteiger partial charge on any atom is -0.380 e. The number of fused-ring (bicyclic) bond motifs is 1. The fourth-order valence-electron chi connectivity index (χ4n) is 4.09. The van der Waals surface area contributed by atoms with E-state index in [1.807, 2.05) is 13.0 Å². The second-order valence-electron chi connectivity index (χ2n) is 8.22. The number of hydrogen-bond acceptors (Lipinski definition) is 3. The summed E-state index contributed by atoms with van der Waals surface area (Å²) >= 11 is 5.89. The molecule has 1 aromatic heterocycles. The number of aromatic amines is 1. The smallest absolute Gasteiger partial charge is 0.254 e. The number of H-pyrrole nitrogens is 1. The number of halogens is 2. The normalized spacial score (nSPS) is 14.8. The van der Waals surface area contributed by atoms with Crippen LogP contribution >= 0.6 is 11.6 Å². The number of rotatable bonds is 5. The van der Waals surface area contributed by atoms with Crippen LogP contribution in [0.2, 0.25) is 5.02 Å². The molecule has 3 N–H and O–H groups in total. The maximum atomic E-state index is 13.5. The van der Waals surface area contributed by atoms with E-state index in [0.29, 0.717) is 54.2 Å². The van der Waals surface area contributed by atoms with Crippen molar-refractivity contribution in [2.45, 2.75) is 13.3 Å². The van der Waals surface area contributed by atoms with Gasteiger partial charge in [-0.05, 0) is 60.4 Å². The molecule has 0 bridgehead atoms. The molecule has 8 heteroatoms. The van der Waals surface area contributed by atoms with E-state index in [-0.39, 0.29) is 16.5 Å². The van der Waals surface area contributed by atoms with E-state index in [1.54, 1.807) is 23.1 Å². The number of aryl methyl sites for hydroxylation is 1. The molecule has 0 aliphatic carbocycles. The molecule has 3 aromatic rings. The van der Waals surface area contributed by atoms with Gasteiger partial charge in [0.25, 0.3) is 11.8 Å². The average Bonchev–Trinajstić information content (AvgIpc) is 2.98. The monoisotopic (exact) mass is 481 g/mol. The Morgan fingerprint density at radius 2 is 1.94 bits per heavy atom. The van der Waals surface area contributed by atoms with Crippen molar-refractivity contribution in [3.05, 3.63) is 82.3 Å². The van der Waals surface area contributed by atoms with Crippen LogP contribution in [0.5, 0.6) is 0 Å². The number of hydrogen-bond donors (Lipinski definition) is 2. The largest absolute Gasteiger partial charge is 0.380 e. The summed E-state index contributed by atoms with van der Waals surface area (Å²) < 4.78 is 19.0. The first-order valence-electron chi connectivity index (χ1n) is 10.9. The van der Waals surface area contributed by atoms with Crippen molar-refractivity contribution in [1.29, 1.82) is 0 Å². The van der Waals surface area contributed by atoms with Gasteiger partial charge in [-0.15, -0.1) is 0 Å². The van der Waals surface area contributed by atoms with Crippen molar-refractivity contribution in [3.63, 3.8) is 0 Å². The van der Waals surface area contributed by atoms with Gasteiger partial charge >= 0.3 is 0 Å². The molecule has 6 nitrogen and oxygen atoms in total. The second kappa shape index (κ2) is 9.83. The minimum absolute atomic E-state index is 0.0392. The molecule has 0 saturated carbocycles. The molecule has 0 unspecified atom stereocenters. The van der Waals surface area contributed by atoms with Crippen LogP contribution in [0.3, 0.4) is 0 Å². The van der Waals surface area contributed by atoms with Gasteiger partial charge in [0, 0.05) is 36.2 Å². The van der Waals surface area contributed by atoms with Gasteiger partial charge in [0.05, 0.1) is 22.9 Å². The number of primary amides is 1. The Hall–Kier alpha value is -3.42. The second-order valence-corrected chi connectivity index (χ2v) is 8.63. The number of carbonyl (C=O) groups is 2. The summed E-state index contributed by atoms with van der Waals surface area (Å²) in [6, 6.07) is 9.64. The van der Waals surface area contributed by atoms with Gasteiger partial charge in [-0.25, -0.2) is 4.39 Å². The summed E-state index contributed by atoms with van der Waals surface area (Å²) in [5, 5.41) is 0.830. The lowest BCUT2D eigenvalue weighted by Gasteiger charge is -2.19. The number of ether oxygens (including phenoxy) is 1. The molecule has 2 heterocycles. The molecule has 0 atom stereocenters. The van der Waals surface area contributed by atoms with Gasteiger partial charge < -0.3 is 20.4 Å². The summed E-state index contributed by atoms with van der Waals surface area (Å²) in [6.45, 7) is 8.23. The first-order chi connectivity index (χ1) is 16.3. The molecule has 4 rings (SSSR count). The number of amides is 2. The van der Waals surface area contributed by atoms with E-state index in [9.17, 15) is 14.0 Å². The molecule has 0 radical (unpaired) electrons. The van der Waals surface area contributed by atoms with Crippen LogP contribution < -0.4 is 5.73 Å². The third-order valence-corrected chi connectivity index (χ3v) is 6.25. The first-order valence-corrected chi connectivity index (χ1v) is 11.3. The molecule has 2 aromatic carbocycles. The lowest BCUT2D eigenvalue weighted by Crippen LogP contribution is -2.33. The molecular formula is C26H25ClFN3O3. The highest BCUT2D eigenvalue weighted by Crippen LogP contribution is 2.30. The van der Waals surface area contributed by atoms with Crippen LogP contribution in [0, 0.1) is 12.7 Å². The molecule has 1 saturated heterocycles. The fourth-order valence-corrected chi connectivity index (χ4v) is 4.27. The van der Waals surface area contributed by atoms with E-state index < -0.39 is 11.7 Å². The van der Waals surface area contributed by atoms with E-state index in [2.05, 4.69) is 11.6 Å². The number of nitrogens with two attached hydrogens (primary N) is 1. The number of nitrogens with one attached hydrogen (secondary N) is 1. The van der Waals surface area contributed by atoms with Gasteiger partial charge in [-0.2, -0.15) is 0 Å². The third kappa shape index (κ3) is 4.76. The maximum Gasteiger partial charge on any atom is 0.254 e. The molecular weight excluding hydrogens is 457 g/mol. The third-order valence-electron chi connectivity index (χ3n) is 5.96. The Bertz CT molecular complexity index is 1320. The van der Waals surface area contributed by atoms with Crippen LogP contribution in [0.1, 0.15) is 33.6 Å². The van der Waals surface area contributed by atoms with Gasteiger partial charge in [0.15, 0.2) is 0 Å². The highest BCUT2D eigenvalue weighted by molar-refractivity contribution is 6.31. The number of nitrogens with zero attached hydrogens (tertiary/aromatic N) is 1. The van der Waals surface area contributed by atoms with Gasteiger partial charge in [-0.3, -0.25) is 9.59 Å². The Labute approximate surface area is 201 Å². The summed E-state index contributed by atoms with van der Waals surface area (Å²) in [7, 11) is 0. The molecule has 1 fully saturated rings. The van der Waals surface area contributed by atoms with Gasteiger partial charge in [-0.1, -0.05) is 30.3 Å². The molecule has 1 aliphatic rings. The summed E-state index contributed by atoms with van der Waals surface area (Å²) in [5.74, 6) is -1.25. The molecule has 1 aliphatic heterocycles.